The summed E-state index contributed by atoms with van der Waals surface area (Å²) < 4.78 is 5.06. The molecule has 0 saturated carbocycles. The van der Waals surface area contributed by atoms with Crippen LogP contribution in [0.25, 0.3) is 0 Å². The van der Waals surface area contributed by atoms with Crippen molar-refractivity contribution in [1.82, 2.24) is 9.88 Å². The van der Waals surface area contributed by atoms with Crippen molar-refractivity contribution >= 4 is 17.5 Å². The third-order valence-corrected chi connectivity index (χ3v) is 2.97. The molecule has 5 heteroatoms. The third-order valence-electron chi connectivity index (χ3n) is 2.61. The highest BCUT2D eigenvalue weighted by Crippen LogP contribution is 2.21. The molecule has 2 rings (SSSR count). The van der Waals surface area contributed by atoms with Crippen LogP contribution in [0.4, 0.5) is 0 Å². The fraction of sp³-hybridized carbons (Fsp3) is 0.455. The number of aromatic nitrogens is 1. The van der Waals surface area contributed by atoms with Crippen molar-refractivity contribution in [2.75, 3.05) is 20.2 Å². The number of hydrogen-bond acceptors (Lipinski definition) is 3. The largest absolute Gasteiger partial charge is 0.480 e. The van der Waals surface area contributed by atoms with Crippen LogP contribution in [-0.4, -0.2) is 41.4 Å². The first-order valence-electron chi connectivity index (χ1n) is 5.14. The van der Waals surface area contributed by atoms with Crippen molar-refractivity contribution in [3.05, 3.63) is 23.9 Å². The zero-order chi connectivity index (χ0) is 11.5. The van der Waals surface area contributed by atoms with Crippen LogP contribution >= 0.6 is 11.6 Å². The number of halogens is 1. The van der Waals surface area contributed by atoms with Gasteiger partial charge in [0.15, 0.2) is 0 Å². The lowest BCUT2D eigenvalue weighted by molar-refractivity contribution is 0.0789. The molecule has 1 aliphatic rings. The first-order valence-corrected chi connectivity index (χ1v) is 5.58. The summed E-state index contributed by atoms with van der Waals surface area (Å²) in [6, 6.07) is 3.44. The van der Waals surface area contributed by atoms with Crippen LogP contribution in [0.5, 0.6) is 5.88 Å². The van der Waals surface area contributed by atoms with E-state index in [1.54, 1.807) is 23.2 Å². The highest BCUT2D eigenvalue weighted by molar-refractivity contribution is 6.21. The number of methoxy groups -OCH3 is 1. The van der Waals surface area contributed by atoms with Crippen LogP contribution < -0.4 is 4.74 Å². The second-order valence-electron chi connectivity index (χ2n) is 3.70. The normalized spacial score (nSPS) is 19.9. The van der Waals surface area contributed by atoms with Gasteiger partial charge in [-0.15, -0.1) is 11.6 Å². The summed E-state index contributed by atoms with van der Waals surface area (Å²) in [5, 5.41) is 0.0617. The second kappa shape index (κ2) is 4.70. The molecule has 1 fully saturated rings. The standard InChI is InChI=1S/C11H13ClN2O2/c1-16-10-9(3-2-5-13-10)11(15)14-6-4-8(12)7-14/h2-3,5,8H,4,6-7H2,1H3. The van der Waals surface area contributed by atoms with Crippen LogP contribution in [0.1, 0.15) is 16.8 Å². The average molecular weight is 241 g/mol. The molecule has 0 bridgehead atoms. The lowest BCUT2D eigenvalue weighted by Gasteiger charge is -2.16. The molecule has 1 aromatic rings. The first kappa shape index (κ1) is 11.2. The number of carbonyl (C=O) groups excluding carboxylic acids is 1. The van der Waals surface area contributed by atoms with Crippen molar-refractivity contribution in [3.63, 3.8) is 0 Å². The summed E-state index contributed by atoms with van der Waals surface area (Å²) in [5.41, 5.74) is 0.496. The lowest BCUT2D eigenvalue weighted by Crippen LogP contribution is -2.29. The van der Waals surface area contributed by atoms with Crippen molar-refractivity contribution in [2.24, 2.45) is 0 Å². The van der Waals surface area contributed by atoms with Gasteiger partial charge in [-0.25, -0.2) is 4.98 Å². The van der Waals surface area contributed by atoms with E-state index in [9.17, 15) is 4.79 Å². The summed E-state index contributed by atoms with van der Waals surface area (Å²) in [6.45, 7) is 1.30. The molecule has 0 aliphatic carbocycles. The van der Waals surface area contributed by atoms with Gasteiger partial charge in [-0.1, -0.05) is 0 Å². The Bertz CT molecular complexity index is 397. The van der Waals surface area contributed by atoms with E-state index in [1.807, 2.05) is 0 Å². The van der Waals surface area contributed by atoms with E-state index in [0.717, 1.165) is 6.42 Å². The fourth-order valence-electron chi connectivity index (χ4n) is 1.79. The molecule has 0 N–H and O–H groups in total. The van der Waals surface area contributed by atoms with Gasteiger partial charge in [0, 0.05) is 19.3 Å². The number of likely N-dealkylation sites (tertiary alicyclic amines) is 1. The Balaban J connectivity index is 2.20. The molecule has 1 atom stereocenters. The number of amides is 1. The van der Waals surface area contributed by atoms with Crippen molar-refractivity contribution in [1.29, 1.82) is 0 Å². The van der Waals surface area contributed by atoms with E-state index in [-0.39, 0.29) is 11.3 Å². The maximum atomic E-state index is 12.1. The van der Waals surface area contributed by atoms with Crippen molar-refractivity contribution in [2.45, 2.75) is 11.8 Å². The number of alkyl halides is 1. The number of rotatable bonds is 2. The third kappa shape index (κ3) is 2.11. The number of carbonyl (C=O) groups is 1. The van der Waals surface area contributed by atoms with E-state index < -0.39 is 0 Å². The van der Waals surface area contributed by atoms with E-state index in [2.05, 4.69) is 4.98 Å². The Morgan fingerprint density at radius 1 is 1.69 bits per heavy atom. The minimum Gasteiger partial charge on any atom is -0.480 e. The van der Waals surface area contributed by atoms with Gasteiger partial charge in [-0.2, -0.15) is 0 Å². The zero-order valence-electron chi connectivity index (χ0n) is 9.02. The van der Waals surface area contributed by atoms with E-state index in [1.165, 1.54) is 7.11 Å². The highest BCUT2D eigenvalue weighted by Gasteiger charge is 2.27. The molecular formula is C11H13ClN2O2. The molecule has 0 aromatic carbocycles. The molecular weight excluding hydrogens is 228 g/mol. The predicted octanol–water partition coefficient (Wildman–Crippen LogP) is 1.54. The maximum Gasteiger partial charge on any atom is 0.259 e. The number of nitrogens with zero attached hydrogens (tertiary/aromatic N) is 2. The van der Waals surface area contributed by atoms with Gasteiger partial charge in [0.1, 0.15) is 5.56 Å². The van der Waals surface area contributed by atoms with Crippen molar-refractivity contribution < 1.29 is 9.53 Å². The van der Waals surface area contributed by atoms with Gasteiger partial charge < -0.3 is 9.64 Å². The van der Waals surface area contributed by atoms with Gasteiger partial charge in [-0.05, 0) is 18.6 Å². The average Bonchev–Trinajstić information content (AvgIpc) is 2.75. The quantitative estimate of drug-likeness (QED) is 0.737. The van der Waals surface area contributed by atoms with E-state index in [0.29, 0.717) is 24.5 Å². The SMILES string of the molecule is COc1ncccc1C(=O)N1CCC(Cl)C1. The van der Waals surface area contributed by atoms with Gasteiger partial charge in [-0.3, -0.25) is 4.79 Å². The number of hydrogen-bond donors (Lipinski definition) is 0. The lowest BCUT2D eigenvalue weighted by atomic mass is 10.2. The molecule has 1 aromatic heterocycles. The van der Waals surface area contributed by atoms with E-state index in [4.69, 9.17) is 16.3 Å². The number of pyridine rings is 1. The smallest absolute Gasteiger partial charge is 0.259 e. The molecule has 2 heterocycles. The minimum absolute atomic E-state index is 0.0617. The summed E-state index contributed by atoms with van der Waals surface area (Å²) in [7, 11) is 1.51. The molecule has 4 nitrogen and oxygen atoms in total. The number of ether oxygens (including phenoxy) is 1. The molecule has 1 saturated heterocycles. The molecule has 86 valence electrons. The summed E-state index contributed by atoms with van der Waals surface area (Å²) >= 11 is 5.97. The Labute approximate surface area is 99.2 Å². The van der Waals surface area contributed by atoms with Gasteiger partial charge >= 0.3 is 0 Å². The predicted molar refractivity (Wildman–Crippen MR) is 61.0 cm³/mol. The van der Waals surface area contributed by atoms with Gasteiger partial charge in [0.2, 0.25) is 5.88 Å². The topological polar surface area (TPSA) is 42.4 Å². The monoisotopic (exact) mass is 240 g/mol. The van der Waals surface area contributed by atoms with Crippen molar-refractivity contribution in [3.8, 4) is 5.88 Å². The summed E-state index contributed by atoms with van der Waals surface area (Å²) in [6.07, 6.45) is 2.44. The van der Waals surface area contributed by atoms with Crippen LogP contribution in [0, 0.1) is 0 Å². The zero-order valence-corrected chi connectivity index (χ0v) is 9.78. The Kier molecular flexibility index (Phi) is 3.29. The first-order chi connectivity index (χ1) is 7.72. The summed E-state index contributed by atoms with van der Waals surface area (Å²) in [4.78, 5) is 17.9. The highest BCUT2D eigenvalue weighted by atomic mass is 35.5. The Hall–Kier alpha value is -1.29. The summed E-state index contributed by atoms with van der Waals surface area (Å²) in [5.74, 6) is 0.304. The molecule has 1 aliphatic heterocycles. The van der Waals surface area contributed by atoms with Crippen LogP contribution in [0.3, 0.4) is 0 Å². The fourth-order valence-corrected chi connectivity index (χ4v) is 2.05. The molecule has 16 heavy (non-hydrogen) atoms. The van der Waals surface area contributed by atoms with Crippen LogP contribution in [0.15, 0.2) is 18.3 Å². The Morgan fingerprint density at radius 2 is 2.50 bits per heavy atom. The van der Waals surface area contributed by atoms with Crippen LogP contribution in [-0.2, 0) is 0 Å². The van der Waals surface area contributed by atoms with Gasteiger partial charge in [0.05, 0.1) is 12.5 Å². The molecule has 1 amide bonds. The molecule has 0 radical (unpaired) electrons. The van der Waals surface area contributed by atoms with E-state index >= 15 is 0 Å². The molecule has 0 spiro atoms. The minimum atomic E-state index is -0.0619. The molecule has 1 unspecified atom stereocenters. The maximum absolute atomic E-state index is 12.1. The Morgan fingerprint density at radius 3 is 3.12 bits per heavy atom. The second-order valence-corrected chi connectivity index (χ2v) is 4.31. The van der Waals surface area contributed by atoms with Crippen LogP contribution in [0.2, 0.25) is 0 Å². The van der Waals surface area contributed by atoms with Gasteiger partial charge in [0.25, 0.3) is 5.91 Å².